The Balaban J connectivity index is 2.10. The van der Waals surface area contributed by atoms with Gasteiger partial charge in [-0.25, -0.2) is 4.98 Å². The number of nitrogen functional groups attached to an aromatic ring is 2. The van der Waals surface area contributed by atoms with Crippen LogP contribution < -0.4 is 25.7 Å². The third-order valence-corrected chi connectivity index (χ3v) is 4.64. The average molecular weight is 439 g/mol. The first-order valence-corrected chi connectivity index (χ1v) is 10.5. The van der Waals surface area contributed by atoms with Crippen molar-refractivity contribution in [3.8, 4) is 28.4 Å². The second-order valence-corrected chi connectivity index (χ2v) is 7.42. The van der Waals surface area contributed by atoms with E-state index >= 15 is 0 Å². The number of hydrogen-bond donors (Lipinski definition) is 2. The maximum Gasteiger partial charge on any atom is 0.221 e. The van der Waals surface area contributed by atoms with Gasteiger partial charge in [0.05, 0.1) is 18.3 Å². The molecule has 1 aromatic heterocycles. The molecule has 0 aliphatic carbocycles. The Morgan fingerprint density at radius 1 is 0.969 bits per heavy atom. The van der Waals surface area contributed by atoms with Crippen LogP contribution in [0.5, 0.6) is 17.2 Å². The van der Waals surface area contributed by atoms with Gasteiger partial charge in [-0.15, -0.1) is 0 Å². The maximum atomic E-state index is 6.31. The second-order valence-electron chi connectivity index (χ2n) is 7.42. The summed E-state index contributed by atoms with van der Waals surface area (Å²) >= 11 is 0. The largest absolute Gasteiger partial charge is 0.493 e. The van der Waals surface area contributed by atoms with Crippen molar-refractivity contribution in [1.82, 2.24) is 9.97 Å². The zero-order valence-corrected chi connectivity index (χ0v) is 18.9. The molecule has 0 fully saturated rings. The van der Waals surface area contributed by atoms with Crippen molar-refractivity contribution in [2.75, 3.05) is 32.0 Å². The fourth-order valence-electron chi connectivity index (χ4n) is 3.29. The molecule has 170 valence electrons. The number of benzene rings is 2. The summed E-state index contributed by atoms with van der Waals surface area (Å²) in [7, 11) is 1.59. The van der Waals surface area contributed by atoms with Gasteiger partial charge in [-0.05, 0) is 50.1 Å². The lowest BCUT2D eigenvalue weighted by Gasteiger charge is -2.22. The number of nitrogens with zero attached hydrogens (tertiary/aromatic N) is 2. The molecule has 8 heteroatoms. The molecule has 8 nitrogen and oxygen atoms in total. The minimum atomic E-state index is -0.0475. The van der Waals surface area contributed by atoms with Crippen molar-refractivity contribution in [2.24, 2.45) is 0 Å². The monoisotopic (exact) mass is 438 g/mol. The van der Waals surface area contributed by atoms with E-state index in [-0.39, 0.29) is 18.8 Å². The van der Waals surface area contributed by atoms with E-state index in [9.17, 15) is 0 Å². The molecular formula is C24H30N4O4. The van der Waals surface area contributed by atoms with Gasteiger partial charge in [0, 0.05) is 25.3 Å². The molecule has 0 aliphatic heterocycles. The van der Waals surface area contributed by atoms with Crippen molar-refractivity contribution in [2.45, 2.75) is 33.3 Å². The number of ether oxygens (including phenoxy) is 4. The van der Waals surface area contributed by atoms with Gasteiger partial charge in [-0.3, -0.25) is 0 Å². The number of nitrogens with two attached hydrogens (primary N) is 2. The highest BCUT2D eigenvalue weighted by Gasteiger charge is 2.20. The molecule has 0 atom stereocenters. The summed E-state index contributed by atoms with van der Waals surface area (Å²) in [6.07, 6.45) is 2.09. The third-order valence-electron chi connectivity index (χ3n) is 4.64. The van der Waals surface area contributed by atoms with Crippen LogP contribution in [0, 0.1) is 0 Å². The van der Waals surface area contributed by atoms with E-state index < -0.39 is 0 Å². The first kappa shape index (κ1) is 23.1. The van der Waals surface area contributed by atoms with Crippen LogP contribution in [0.2, 0.25) is 0 Å². The van der Waals surface area contributed by atoms with Gasteiger partial charge in [0.25, 0.3) is 0 Å². The van der Waals surface area contributed by atoms with E-state index in [0.717, 1.165) is 33.8 Å². The molecular weight excluding hydrogens is 408 g/mol. The van der Waals surface area contributed by atoms with Gasteiger partial charge in [-0.1, -0.05) is 18.2 Å². The molecule has 0 amide bonds. The molecule has 0 spiro atoms. The lowest BCUT2D eigenvalue weighted by Crippen LogP contribution is -2.11. The number of aromatic nitrogens is 2. The number of anilines is 2. The predicted octanol–water partition coefficient (Wildman–Crippen LogP) is 4.07. The van der Waals surface area contributed by atoms with Crippen LogP contribution in [0.15, 0.2) is 42.6 Å². The normalized spacial score (nSPS) is 10.9. The molecule has 3 rings (SSSR count). The minimum Gasteiger partial charge on any atom is -0.493 e. The van der Waals surface area contributed by atoms with Gasteiger partial charge in [0.15, 0.2) is 6.79 Å². The molecule has 2 aromatic carbocycles. The molecule has 4 N–H and O–H groups in total. The Morgan fingerprint density at radius 3 is 2.34 bits per heavy atom. The van der Waals surface area contributed by atoms with Crippen LogP contribution in [0.25, 0.3) is 11.1 Å². The summed E-state index contributed by atoms with van der Waals surface area (Å²) in [5.41, 5.74) is 15.3. The second kappa shape index (κ2) is 10.7. The van der Waals surface area contributed by atoms with Gasteiger partial charge in [0.2, 0.25) is 5.95 Å². The summed E-state index contributed by atoms with van der Waals surface area (Å²) in [4.78, 5) is 8.16. The van der Waals surface area contributed by atoms with E-state index in [1.165, 1.54) is 0 Å². The van der Waals surface area contributed by atoms with Crippen molar-refractivity contribution in [3.05, 3.63) is 53.7 Å². The number of hydrogen-bond acceptors (Lipinski definition) is 8. The molecule has 0 aliphatic rings. The summed E-state index contributed by atoms with van der Waals surface area (Å²) in [6, 6.07) is 11.7. The number of rotatable bonds is 10. The Kier molecular flexibility index (Phi) is 7.72. The van der Waals surface area contributed by atoms with Crippen molar-refractivity contribution in [1.29, 1.82) is 0 Å². The number of methoxy groups -OCH3 is 1. The molecule has 1 heterocycles. The quantitative estimate of drug-likeness (QED) is 0.455. The van der Waals surface area contributed by atoms with Crippen LogP contribution in [0.3, 0.4) is 0 Å². The van der Waals surface area contributed by atoms with E-state index in [1.54, 1.807) is 13.3 Å². The standard InChI is InChI=1S/C24H30N4O4/c1-5-30-20-11-8-17(12-18-13-27-24(26)28-23(18)25)22(32-15(2)3)21(20)16-6-9-19(10-7-16)31-14-29-4/h6-11,13,15H,5,12,14H2,1-4H3,(H4,25,26,27,28). The fourth-order valence-corrected chi connectivity index (χ4v) is 3.29. The van der Waals surface area contributed by atoms with Gasteiger partial charge < -0.3 is 30.4 Å². The highest BCUT2D eigenvalue weighted by molar-refractivity contribution is 5.79. The summed E-state index contributed by atoms with van der Waals surface area (Å²) in [5, 5.41) is 0. The van der Waals surface area contributed by atoms with Gasteiger partial charge in [-0.2, -0.15) is 4.98 Å². The molecule has 0 bridgehead atoms. The van der Waals surface area contributed by atoms with E-state index in [0.29, 0.717) is 24.6 Å². The zero-order valence-electron chi connectivity index (χ0n) is 18.9. The van der Waals surface area contributed by atoms with Gasteiger partial charge in [0.1, 0.15) is 23.1 Å². The summed E-state index contributed by atoms with van der Waals surface area (Å²) in [5.74, 6) is 2.67. The fraction of sp³-hybridized carbons (Fsp3) is 0.333. The van der Waals surface area contributed by atoms with Crippen LogP contribution >= 0.6 is 0 Å². The van der Waals surface area contributed by atoms with Crippen LogP contribution in [-0.4, -0.2) is 36.6 Å². The Labute approximate surface area is 188 Å². The zero-order chi connectivity index (χ0) is 23.1. The van der Waals surface area contributed by atoms with Crippen molar-refractivity contribution in [3.63, 3.8) is 0 Å². The lowest BCUT2D eigenvalue weighted by molar-refractivity contribution is 0.0511. The van der Waals surface area contributed by atoms with Crippen LogP contribution in [0.4, 0.5) is 11.8 Å². The highest BCUT2D eigenvalue weighted by Crippen LogP contribution is 2.43. The first-order chi connectivity index (χ1) is 15.4. The van der Waals surface area contributed by atoms with Crippen LogP contribution in [0.1, 0.15) is 31.9 Å². The molecule has 3 aromatic rings. The smallest absolute Gasteiger partial charge is 0.221 e. The molecule has 0 saturated heterocycles. The highest BCUT2D eigenvalue weighted by atomic mass is 16.7. The Bertz CT molecular complexity index is 1040. The minimum absolute atomic E-state index is 0.0475. The SMILES string of the molecule is CCOc1ccc(Cc2cnc(N)nc2N)c(OC(C)C)c1-c1ccc(OCOC)cc1. The predicted molar refractivity (Wildman–Crippen MR) is 125 cm³/mol. The summed E-state index contributed by atoms with van der Waals surface area (Å²) in [6.45, 7) is 6.65. The molecule has 0 unspecified atom stereocenters. The molecule has 0 radical (unpaired) electrons. The lowest BCUT2D eigenvalue weighted by atomic mass is 9.96. The van der Waals surface area contributed by atoms with Gasteiger partial charge >= 0.3 is 0 Å². The van der Waals surface area contributed by atoms with Crippen molar-refractivity contribution < 1.29 is 18.9 Å². The molecule has 32 heavy (non-hydrogen) atoms. The Morgan fingerprint density at radius 2 is 1.72 bits per heavy atom. The third kappa shape index (κ3) is 5.59. The summed E-state index contributed by atoms with van der Waals surface area (Å²) < 4.78 is 22.8. The van der Waals surface area contributed by atoms with E-state index in [1.807, 2.05) is 57.2 Å². The first-order valence-electron chi connectivity index (χ1n) is 10.5. The maximum absolute atomic E-state index is 6.31. The van der Waals surface area contributed by atoms with Crippen molar-refractivity contribution >= 4 is 11.8 Å². The van der Waals surface area contributed by atoms with Crippen LogP contribution in [-0.2, 0) is 11.2 Å². The average Bonchev–Trinajstić information content (AvgIpc) is 2.76. The van der Waals surface area contributed by atoms with E-state index in [4.69, 9.17) is 30.4 Å². The molecule has 0 saturated carbocycles. The topological polar surface area (TPSA) is 115 Å². The van der Waals surface area contributed by atoms with E-state index in [2.05, 4.69) is 9.97 Å². The Hall–Kier alpha value is -3.52.